The molecule has 0 unspecified atom stereocenters. The zero-order valence-electron chi connectivity index (χ0n) is 14.5. The summed E-state index contributed by atoms with van der Waals surface area (Å²) < 4.78 is 16.8. The summed E-state index contributed by atoms with van der Waals surface area (Å²) in [6.45, 7) is 0. The van der Waals surface area contributed by atoms with Gasteiger partial charge in [-0.05, 0) is 24.3 Å². The van der Waals surface area contributed by atoms with Gasteiger partial charge >= 0.3 is 0 Å². The van der Waals surface area contributed by atoms with E-state index in [1.807, 2.05) is 24.3 Å². The van der Waals surface area contributed by atoms with Crippen LogP contribution in [0.15, 0.2) is 36.4 Å². The number of carbonyl (C=O) groups is 1. The number of fused-ring (bicyclic) bond motifs is 1. The number of thiazole rings is 1. The third kappa shape index (κ3) is 3.07. The number of hydrogen-bond acceptors (Lipinski definition) is 7. The Kier molecular flexibility index (Phi) is 5.05. The number of carbonyl (C=O) groups excluding carboxylic acids is 1. The van der Waals surface area contributed by atoms with Crippen molar-refractivity contribution in [1.29, 1.82) is 5.26 Å². The standard InChI is InChI=1S/C19H16N2O4S/c1-23-14-8-11(9-15(24-2)18(14)25-3)17(22)12(10-20)19-21-13-6-4-5-7-16(13)26-19/h4-9,12H,1-3H3/t12-/m1/s1. The van der Waals surface area contributed by atoms with Crippen molar-refractivity contribution < 1.29 is 19.0 Å². The van der Waals surface area contributed by atoms with E-state index in [4.69, 9.17) is 14.2 Å². The molecule has 0 aliphatic heterocycles. The van der Waals surface area contributed by atoms with Crippen molar-refractivity contribution in [3.63, 3.8) is 0 Å². The molecule has 26 heavy (non-hydrogen) atoms. The monoisotopic (exact) mass is 368 g/mol. The van der Waals surface area contributed by atoms with E-state index in [1.165, 1.54) is 32.7 Å². The number of Topliss-reactive ketones (excluding diaryl/α,β-unsaturated/α-hetero) is 1. The lowest BCUT2D eigenvalue weighted by molar-refractivity contribution is 0.0978. The highest BCUT2D eigenvalue weighted by molar-refractivity contribution is 7.18. The first-order valence-corrected chi connectivity index (χ1v) is 8.53. The minimum atomic E-state index is -1.00. The molecule has 0 N–H and O–H groups in total. The van der Waals surface area contributed by atoms with Crippen LogP contribution >= 0.6 is 11.3 Å². The lowest BCUT2D eigenvalue weighted by Gasteiger charge is -2.14. The number of ketones is 1. The molecule has 6 nitrogen and oxygen atoms in total. The SMILES string of the molecule is COc1cc(C(=O)[C@@H](C#N)c2nc3ccccc3s2)cc(OC)c1OC. The fourth-order valence-electron chi connectivity index (χ4n) is 2.63. The van der Waals surface area contributed by atoms with Gasteiger partial charge in [0.1, 0.15) is 5.01 Å². The van der Waals surface area contributed by atoms with Gasteiger partial charge in [0.2, 0.25) is 5.75 Å². The maximum Gasteiger partial charge on any atom is 0.203 e. The predicted molar refractivity (Wildman–Crippen MR) is 98.4 cm³/mol. The summed E-state index contributed by atoms with van der Waals surface area (Å²) in [5.74, 6) is -0.270. The summed E-state index contributed by atoms with van der Waals surface area (Å²) in [7, 11) is 4.43. The maximum atomic E-state index is 13.0. The van der Waals surface area contributed by atoms with E-state index in [9.17, 15) is 10.1 Å². The van der Waals surface area contributed by atoms with Gasteiger partial charge in [0.05, 0.1) is 37.6 Å². The molecule has 0 saturated carbocycles. The second kappa shape index (κ2) is 7.42. The second-order valence-corrected chi connectivity index (χ2v) is 6.42. The van der Waals surface area contributed by atoms with Gasteiger partial charge < -0.3 is 14.2 Å². The molecule has 7 heteroatoms. The number of nitriles is 1. The quantitative estimate of drug-likeness (QED) is 0.615. The van der Waals surface area contributed by atoms with E-state index >= 15 is 0 Å². The Labute approximate surface area is 154 Å². The van der Waals surface area contributed by atoms with Crippen molar-refractivity contribution in [2.75, 3.05) is 21.3 Å². The Balaban J connectivity index is 2.05. The predicted octanol–water partition coefficient (Wildman–Crippen LogP) is 3.81. The molecule has 0 amide bonds. The van der Waals surface area contributed by atoms with Crippen LogP contribution in [0.3, 0.4) is 0 Å². The molecule has 0 bridgehead atoms. The molecule has 3 aromatic rings. The summed E-state index contributed by atoms with van der Waals surface area (Å²) >= 11 is 1.34. The molecule has 0 saturated heterocycles. The van der Waals surface area contributed by atoms with Gasteiger partial charge in [0.25, 0.3) is 0 Å². The van der Waals surface area contributed by atoms with Crippen molar-refractivity contribution >= 4 is 27.3 Å². The maximum absolute atomic E-state index is 13.0. The van der Waals surface area contributed by atoms with Gasteiger partial charge in [-0.3, -0.25) is 4.79 Å². The van der Waals surface area contributed by atoms with E-state index < -0.39 is 5.92 Å². The molecular weight excluding hydrogens is 352 g/mol. The number of methoxy groups -OCH3 is 3. The number of para-hydroxylation sites is 1. The Morgan fingerprint density at radius 1 is 1.12 bits per heavy atom. The largest absolute Gasteiger partial charge is 0.493 e. The molecule has 0 radical (unpaired) electrons. The number of hydrogen-bond donors (Lipinski definition) is 0. The fraction of sp³-hybridized carbons (Fsp3) is 0.211. The third-order valence-corrected chi connectivity index (χ3v) is 5.00. The third-order valence-electron chi connectivity index (χ3n) is 3.90. The van der Waals surface area contributed by atoms with Gasteiger partial charge in [-0.25, -0.2) is 4.98 Å². The topological polar surface area (TPSA) is 81.4 Å². The Morgan fingerprint density at radius 3 is 2.31 bits per heavy atom. The zero-order valence-corrected chi connectivity index (χ0v) is 15.3. The van der Waals surface area contributed by atoms with E-state index in [2.05, 4.69) is 11.1 Å². The Hall–Kier alpha value is -3.11. The van der Waals surface area contributed by atoms with Crippen LogP contribution in [-0.4, -0.2) is 32.1 Å². The number of benzene rings is 2. The minimum Gasteiger partial charge on any atom is -0.493 e. The summed E-state index contributed by atoms with van der Waals surface area (Å²) in [6, 6.07) is 12.7. The molecule has 2 aromatic carbocycles. The summed E-state index contributed by atoms with van der Waals surface area (Å²) in [5, 5.41) is 10.1. The normalized spacial score (nSPS) is 11.6. The van der Waals surface area contributed by atoms with Gasteiger partial charge in [-0.2, -0.15) is 5.26 Å². The number of nitrogens with zero attached hydrogens (tertiary/aromatic N) is 2. The van der Waals surface area contributed by atoms with Crippen LogP contribution in [0.4, 0.5) is 0 Å². The number of rotatable bonds is 6. The Morgan fingerprint density at radius 2 is 1.77 bits per heavy atom. The molecule has 3 rings (SSSR count). The molecule has 0 aliphatic carbocycles. The Bertz CT molecular complexity index is 948. The van der Waals surface area contributed by atoms with Gasteiger partial charge in [-0.1, -0.05) is 12.1 Å². The number of ether oxygens (including phenoxy) is 3. The highest BCUT2D eigenvalue weighted by atomic mass is 32.1. The molecule has 132 valence electrons. The fourth-order valence-corrected chi connectivity index (χ4v) is 3.64. The van der Waals surface area contributed by atoms with Crippen LogP contribution < -0.4 is 14.2 Å². The van der Waals surface area contributed by atoms with Crippen molar-refractivity contribution in [2.24, 2.45) is 0 Å². The van der Waals surface area contributed by atoms with Gasteiger partial charge in [0.15, 0.2) is 23.2 Å². The summed E-state index contributed by atoms with van der Waals surface area (Å²) in [5.41, 5.74) is 1.07. The highest BCUT2D eigenvalue weighted by Gasteiger charge is 2.27. The van der Waals surface area contributed by atoms with Crippen LogP contribution in [0.1, 0.15) is 21.3 Å². The van der Waals surface area contributed by atoms with E-state index in [0.29, 0.717) is 27.8 Å². The van der Waals surface area contributed by atoms with Gasteiger partial charge in [0, 0.05) is 5.56 Å². The zero-order chi connectivity index (χ0) is 18.7. The summed E-state index contributed by atoms with van der Waals surface area (Å²) in [4.78, 5) is 17.4. The molecule has 0 fully saturated rings. The van der Waals surface area contributed by atoms with Crippen LogP contribution in [0.25, 0.3) is 10.2 Å². The van der Waals surface area contributed by atoms with E-state index in [0.717, 1.165) is 10.2 Å². The summed E-state index contributed by atoms with van der Waals surface area (Å²) in [6.07, 6.45) is 0. The average Bonchev–Trinajstić information content (AvgIpc) is 3.10. The smallest absolute Gasteiger partial charge is 0.203 e. The molecule has 1 heterocycles. The van der Waals surface area contributed by atoms with Crippen molar-refractivity contribution in [3.05, 3.63) is 47.0 Å². The van der Waals surface area contributed by atoms with Gasteiger partial charge in [-0.15, -0.1) is 11.3 Å². The average molecular weight is 368 g/mol. The van der Waals surface area contributed by atoms with E-state index in [1.54, 1.807) is 12.1 Å². The van der Waals surface area contributed by atoms with Crippen molar-refractivity contribution in [1.82, 2.24) is 4.98 Å². The highest BCUT2D eigenvalue weighted by Crippen LogP contribution is 2.39. The van der Waals surface area contributed by atoms with Crippen LogP contribution in [0, 0.1) is 11.3 Å². The van der Waals surface area contributed by atoms with E-state index in [-0.39, 0.29) is 5.78 Å². The lowest BCUT2D eigenvalue weighted by Crippen LogP contribution is -2.12. The molecule has 1 aromatic heterocycles. The van der Waals surface area contributed by atoms with Crippen LogP contribution in [0.5, 0.6) is 17.2 Å². The number of aromatic nitrogens is 1. The first-order valence-electron chi connectivity index (χ1n) is 7.72. The molecule has 1 atom stereocenters. The van der Waals surface area contributed by atoms with Crippen LogP contribution in [-0.2, 0) is 0 Å². The minimum absolute atomic E-state index is 0.297. The lowest BCUT2D eigenvalue weighted by atomic mass is 9.98. The first kappa shape index (κ1) is 17.7. The van der Waals surface area contributed by atoms with Crippen molar-refractivity contribution in [3.8, 4) is 23.3 Å². The van der Waals surface area contributed by atoms with Crippen LogP contribution in [0.2, 0.25) is 0 Å². The molecule has 0 spiro atoms. The molecular formula is C19H16N2O4S. The first-order chi connectivity index (χ1) is 12.6. The second-order valence-electron chi connectivity index (χ2n) is 5.36. The van der Waals surface area contributed by atoms with Crippen molar-refractivity contribution in [2.45, 2.75) is 5.92 Å². The molecule has 0 aliphatic rings.